The molecule has 0 spiro atoms. The van der Waals surface area contributed by atoms with Gasteiger partial charge in [-0.25, -0.2) is 0 Å². The van der Waals surface area contributed by atoms with Crippen molar-refractivity contribution in [2.24, 2.45) is 0 Å². The third-order valence-corrected chi connectivity index (χ3v) is 9.22. The number of hydrogen-bond donors (Lipinski definition) is 0. The Morgan fingerprint density at radius 1 is 0.615 bits per heavy atom. The SMILES string of the molecule is CCCC(CC)(CC)O[SiH2]c1ccc([SiH2]OC(CC)(CC)CCC)cc1. The third-order valence-electron chi connectivity index (χ3n) is 6.10. The monoisotopic (exact) mass is 394 g/mol. The molecule has 0 heterocycles. The highest BCUT2D eigenvalue weighted by molar-refractivity contribution is 6.49. The van der Waals surface area contributed by atoms with Gasteiger partial charge in [-0.2, -0.15) is 0 Å². The first-order valence-electron chi connectivity index (χ1n) is 10.9. The van der Waals surface area contributed by atoms with Gasteiger partial charge in [-0.05, 0) is 48.9 Å². The molecule has 0 saturated carbocycles. The van der Waals surface area contributed by atoms with Crippen LogP contribution < -0.4 is 10.4 Å². The molecule has 2 nitrogen and oxygen atoms in total. The summed E-state index contributed by atoms with van der Waals surface area (Å²) >= 11 is 0. The average molecular weight is 395 g/mol. The normalized spacial score (nSPS) is 13.5. The highest BCUT2D eigenvalue weighted by Crippen LogP contribution is 2.26. The second-order valence-electron chi connectivity index (χ2n) is 7.67. The second-order valence-corrected chi connectivity index (χ2v) is 10.5. The van der Waals surface area contributed by atoms with Crippen molar-refractivity contribution >= 4 is 29.9 Å². The van der Waals surface area contributed by atoms with Crippen molar-refractivity contribution in [2.75, 3.05) is 0 Å². The lowest BCUT2D eigenvalue weighted by molar-refractivity contribution is 0.0564. The molecule has 0 unspecified atom stereocenters. The Bertz CT molecular complexity index is 434. The van der Waals surface area contributed by atoms with E-state index >= 15 is 0 Å². The maximum absolute atomic E-state index is 6.49. The fraction of sp³-hybridized carbons (Fsp3) is 0.727. The van der Waals surface area contributed by atoms with Gasteiger partial charge in [0.25, 0.3) is 0 Å². The van der Waals surface area contributed by atoms with Gasteiger partial charge in [0.15, 0.2) is 19.5 Å². The summed E-state index contributed by atoms with van der Waals surface area (Å²) in [5.41, 5.74) is 0.221. The molecular weight excluding hydrogens is 352 g/mol. The van der Waals surface area contributed by atoms with Crippen LogP contribution in [-0.2, 0) is 8.85 Å². The molecule has 0 atom stereocenters. The summed E-state index contributed by atoms with van der Waals surface area (Å²) in [6.45, 7) is 13.6. The van der Waals surface area contributed by atoms with Crippen LogP contribution >= 0.6 is 0 Å². The van der Waals surface area contributed by atoms with E-state index in [4.69, 9.17) is 8.85 Å². The maximum atomic E-state index is 6.49. The Kier molecular flexibility index (Phi) is 11.0. The second kappa shape index (κ2) is 12.1. The Morgan fingerprint density at radius 2 is 0.923 bits per heavy atom. The standard InChI is InChI=1S/C22H42O2Si2/c1-7-17-21(9-3,10-4)23-25-19-13-15-20(16-14-19)26-24-22(11-5,12-6)18-8-2/h13-16H,7-12,17-18,25-26H2,1-6H3. The molecule has 0 radical (unpaired) electrons. The number of rotatable bonds is 14. The topological polar surface area (TPSA) is 18.5 Å². The Balaban J connectivity index is 2.63. The molecule has 0 aromatic heterocycles. The molecule has 26 heavy (non-hydrogen) atoms. The Hall–Kier alpha value is -0.426. The average Bonchev–Trinajstić information content (AvgIpc) is 2.69. The van der Waals surface area contributed by atoms with Crippen molar-refractivity contribution in [3.05, 3.63) is 24.3 Å². The molecule has 0 aliphatic heterocycles. The van der Waals surface area contributed by atoms with Gasteiger partial charge in [0, 0.05) is 0 Å². The fourth-order valence-corrected chi connectivity index (χ4v) is 6.78. The molecular formula is C22H42O2Si2. The van der Waals surface area contributed by atoms with Crippen LogP contribution in [0.3, 0.4) is 0 Å². The van der Waals surface area contributed by atoms with Gasteiger partial charge in [-0.15, -0.1) is 0 Å². The summed E-state index contributed by atoms with van der Waals surface area (Å²) in [4.78, 5) is 0. The van der Waals surface area contributed by atoms with E-state index in [0.29, 0.717) is 0 Å². The molecule has 0 aliphatic carbocycles. The quantitative estimate of drug-likeness (QED) is 0.446. The van der Waals surface area contributed by atoms with Crippen LogP contribution in [0.15, 0.2) is 24.3 Å². The lowest BCUT2D eigenvalue weighted by Gasteiger charge is -2.33. The smallest absolute Gasteiger partial charge is 0.193 e. The summed E-state index contributed by atoms with van der Waals surface area (Å²) in [6, 6.07) is 9.16. The van der Waals surface area contributed by atoms with Gasteiger partial charge in [-0.3, -0.25) is 0 Å². The fourth-order valence-electron chi connectivity index (χ4n) is 3.88. The highest BCUT2D eigenvalue weighted by Gasteiger charge is 2.26. The molecule has 0 fully saturated rings. The molecule has 150 valence electrons. The number of benzene rings is 1. The zero-order chi connectivity index (χ0) is 19.5. The Labute approximate surface area is 167 Å². The predicted octanol–water partition coefficient (Wildman–Crippen LogP) is 3.86. The van der Waals surface area contributed by atoms with Gasteiger partial charge >= 0.3 is 0 Å². The van der Waals surface area contributed by atoms with Gasteiger partial charge in [0.2, 0.25) is 0 Å². The molecule has 1 aromatic rings. The zero-order valence-electron chi connectivity index (χ0n) is 18.2. The molecule has 0 aliphatic rings. The van der Waals surface area contributed by atoms with Gasteiger partial charge < -0.3 is 8.85 Å². The summed E-state index contributed by atoms with van der Waals surface area (Å²) in [6.07, 6.45) is 9.25. The van der Waals surface area contributed by atoms with E-state index in [1.54, 1.807) is 0 Å². The van der Waals surface area contributed by atoms with Crippen molar-refractivity contribution in [3.63, 3.8) is 0 Å². The van der Waals surface area contributed by atoms with E-state index < -0.39 is 19.5 Å². The lowest BCUT2D eigenvalue weighted by Crippen LogP contribution is -2.37. The van der Waals surface area contributed by atoms with Gasteiger partial charge in [0.1, 0.15) is 0 Å². The Morgan fingerprint density at radius 3 is 1.15 bits per heavy atom. The first-order chi connectivity index (χ1) is 12.5. The first-order valence-corrected chi connectivity index (χ1v) is 13.4. The van der Waals surface area contributed by atoms with Crippen LogP contribution in [0.1, 0.15) is 92.9 Å². The van der Waals surface area contributed by atoms with Crippen LogP contribution in [0, 0.1) is 0 Å². The van der Waals surface area contributed by atoms with E-state index in [9.17, 15) is 0 Å². The molecule has 0 N–H and O–H groups in total. The minimum atomic E-state index is -0.657. The van der Waals surface area contributed by atoms with Crippen LogP contribution in [0.5, 0.6) is 0 Å². The van der Waals surface area contributed by atoms with Crippen LogP contribution in [0.4, 0.5) is 0 Å². The van der Waals surface area contributed by atoms with E-state index in [2.05, 4.69) is 65.8 Å². The van der Waals surface area contributed by atoms with Crippen LogP contribution in [-0.4, -0.2) is 30.7 Å². The van der Waals surface area contributed by atoms with Crippen molar-refractivity contribution < 1.29 is 8.85 Å². The van der Waals surface area contributed by atoms with Gasteiger partial charge in [0.05, 0.1) is 11.2 Å². The van der Waals surface area contributed by atoms with Crippen molar-refractivity contribution in [1.29, 1.82) is 0 Å². The summed E-state index contributed by atoms with van der Waals surface area (Å²) in [7, 11) is -1.31. The van der Waals surface area contributed by atoms with Crippen molar-refractivity contribution in [1.82, 2.24) is 0 Å². The molecule has 0 saturated heterocycles. The summed E-state index contributed by atoms with van der Waals surface area (Å²) in [5.74, 6) is 0. The minimum absolute atomic E-state index is 0.111. The van der Waals surface area contributed by atoms with E-state index in [0.717, 1.165) is 25.7 Å². The summed E-state index contributed by atoms with van der Waals surface area (Å²) in [5, 5.41) is 2.83. The molecule has 0 bridgehead atoms. The maximum Gasteiger partial charge on any atom is 0.193 e. The largest absolute Gasteiger partial charge is 0.413 e. The minimum Gasteiger partial charge on any atom is -0.413 e. The van der Waals surface area contributed by atoms with Crippen LogP contribution in [0.2, 0.25) is 0 Å². The van der Waals surface area contributed by atoms with E-state index in [-0.39, 0.29) is 11.2 Å². The van der Waals surface area contributed by atoms with Crippen molar-refractivity contribution in [3.8, 4) is 0 Å². The van der Waals surface area contributed by atoms with E-state index in [1.165, 1.54) is 36.1 Å². The number of hydrogen-bond acceptors (Lipinski definition) is 2. The predicted molar refractivity (Wildman–Crippen MR) is 121 cm³/mol. The molecule has 4 heteroatoms. The highest BCUT2D eigenvalue weighted by atomic mass is 28.2. The molecule has 1 rings (SSSR count). The molecule has 1 aromatic carbocycles. The lowest BCUT2D eigenvalue weighted by atomic mass is 9.92. The summed E-state index contributed by atoms with van der Waals surface area (Å²) < 4.78 is 13.0. The first kappa shape index (κ1) is 23.6. The van der Waals surface area contributed by atoms with E-state index in [1.807, 2.05) is 0 Å². The van der Waals surface area contributed by atoms with Crippen LogP contribution in [0.25, 0.3) is 0 Å². The molecule has 0 amide bonds. The zero-order valence-corrected chi connectivity index (χ0v) is 21.0. The van der Waals surface area contributed by atoms with Crippen molar-refractivity contribution in [2.45, 2.75) is 104 Å². The van der Waals surface area contributed by atoms with Gasteiger partial charge in [-0.1, -0.05) is 78.6 Å². The third kappa shape index (κ3) is 6.95.